The Bertz CT molecular complexity index is 819. The van der Waals surface area contributed by atoms with Crippen LogP contribution < -0.4 is 24.8 Å². The van der Waals surface area contributed by atoms with Gasteiger partial charge in [-0.2, -0.15) is 0 Å². The first kappa shape index (κ1) is 16.6. The van der Waals surface area contributed by atoms with E-state index in [0.717, 1.165) is 0 Å². The van der Waals surface area contributed by atoms with E-state index in [2.05, 4.69) is 10.6 Å². The monoisotopic (exact) mass is 342 g/mol. The van der Waals surface area contributed by atoms with Gasteiger partial charge in [-0.1, -0.05) is 0 Å². The van der Waals surface area contributed by atoms with Gasteiger partial charge in [-0.15, -0.1) is 0 Å². The molecule has 2 N–H and O–H groups in total. The molecule has 0 aliphatic carbocycles. The van der Waals surface area contributed by atoms with Gasteiger partial charge in [0.2, 0.25) is 5.91 Å². The lowest BCUT2D eigenvalue weighted by Crippen LogP contribution is -2.13. The third kappa shape index (κ3) is 3.65. The molecule has 0 saturated heterocycles. The van der Waals surface area contributed by atoms with Crippen LogP contribution in [-0.2, 0) is 4.79 Å². The van der Waals surface area contributed by atoms with Gasteiger partial charge in [0, 0.05) is 11.3 Å². The normalized spacial score (nSPS) is 13.0. The molecule has 0 atom stereocenters. The minimum Gasteiger partial charge on any atom is -0.493 e. The molecule has 3 rings (SSSR count). The largest absolute Gasteiger partial charge is 0.493 e. The number of hydrogen-bond acceptors (Lipinski definition) is 5. The first-order chi connectivity index (χ1) is 12.1. The minimum atomic E-state index is -0.304. The average molecular weight is 342 g/mol. The van der Waals surface area contributed by atoms with Crippen molar-refractivity contribution in [2.45, 2.75) is 6.42 Å². The third-order valence-electron chi connectivity index (χ3n) is 3.74. The number of fused-ring (bicyclic) bond motifs is 1. The topological polar surface area (TPSA) is 85.9 Å². The average Bonchev–Trinajstić information content (AvgIpc) is 2.81. The zero-order chi connectivity index (χ0) is 17.8. The van der Waals surface area contributed by atoms with Gasteiger partial charge in [0.25, 0.3) is 5.91 Å². The Balaban J connectivity index is 1.80. The van der Waals surface area contributed by atoms with Crippen LogP contribution in [0.25, 0.3) is 0 Å². The van der Waals surface area contributed by atoms with Crippen molar-refractivity contribution in [1.29, 1.82) is 0 Å². The molecule has 0 spiro atoms. The minimum absolute atomic E-state index is 0.123. The first-order valence-corrected chi connectivity index (χ1v) is 7.71. The van der Waals surface area contributed by atoms with Gasteiger partial charge >= 0.3 is 0 Å². The molecule has 2 aromatic rings. The summed E-state index contributed by atoms with van der Waals surface area (Å²) in [5, 5.41) is 5.55. The standard InChI is InChI=1S/C18H18N2O5/c1-23-15-5-3-11(9-16(15)24-2)18(22)19-12-4-6-14-13(10-12)20-17(21)7-8-25-14/h3-6,9-10H,7-8H2,1-2H3,(H,19,22)(H,20,21). The Hall–Kier alpha value is -3.22. The van der Waals surface area contributed by atoms with Crippen LogP contribution in [0, 0.1) is 0 Å². The van der Waals surface area contributed by atoms with E-state index in [1.165, 1.54) is 14.2 Å². The molecule has 25 heavy (non-hydrogen) atoms. The second kappa shape index (κ2) is 7.12. The Labute approximate surface area is 144 Å². The van der Waals surface area contributed by atoms with Crippen LogP contribution in [0.2, 0.25) is 0 Å². The van der Waals surface area contributed by atoms with Gasteiger partial charge in [-0.3, -0.25) is 9.59 Å². The van der Waals surface area contributed by atoms with E-state index >= 15 is 0 Å². The molecule has 7 heteroatoms. The maximum atomic E-state index is 12.5. The summed E-state index contributed by atoms with van der Waals surface area (Å²) in [6.07, 6.45) is 0.294. The SMILES string of the molecule is COc1ccc(C(=O)Nc2ccc3c(c2)NC(=O)CCO3)cc1OC. The summed E-state index contributed by atoms with van der Waals surface area (Å²) in [4.78, 5) is 24.1. The predicted molar refractivity (Wildman–Crippen MR) is 92.7 cm³/mol. The van der Waals surface area contributed by atoms with Crippen molar-refractivity contribution in [3.05, 3.63) is 42.0 Å². The Morgan fingerprint density at radius 2 is 1.92 bits per heavy atom. The fraction of sp³-hybridized carbons (Fsp3) is 0.222. The van der Waals surface area contributed by atoms with E-state index in [9.17, 15) is 9.59 Å². The number of amides is 2. The molecule has 7 nitrogen and oxygen atoms in total. The van der Waals surface area contributed by atoms with Crippen LogP contribution in [0.3, 0.4) is 0 Å². The fourth-order valence-electron chi connectivity index (χ4n) is 2.48. The molecule has 1 heterocycles. The molecule has 2 aromatic carbocycles. The van der Waals surface area contributed by atoms with Gasteiger partial charge in [-0.05, 0) is 36.4 Å². The van der Waals surface area contributed by atoms with Crippen molar-refractivity contribution >= 4 is 23.2 Å². The summed E-state index contributed by atoms with van der Waals surface area (Å²) >= 11 is 0. The van der Waals surface area contributed by atoms with E-state index in [1.807, 2.05) is 0 Å². The summed E-state index contributed by atoms with van der Waals surface area (Å²) in [6, 6.07) is 10.0. The van der Waals surface area contributed by atoms with Gasteiger partial charge < -0.3 is 24.8 Å². The summed E-state index contributed by atoms with van der Waals surface area (Å²) in [5.74, 6) is 1.17. The Morgan fingerprint density at radius 1 is 1.12 bits per heavy atom. The van der Waals surface area contributed by atoms with E-state index in [0.29, 0.717) is 47.2 Å². The molecular weight excluding hydrogens is 324 g/mol. The van der Waals surface area contributed by atoms with Crippen LogP contribution in [0.15, 0.2) is 36.4 Å². The number of carbonyl (C=O) groups excluding carboxylic acids is 2. The second-order valence-electron chi connectivity index (χ2n) is 5.38. The number of benzene rings is 2. The van der Waals surface area contributed by atoms with Crippen molar-refractivity contribution in [3.8, 4) is 17.2 Å². The van der Waals surface area contributed by atoms with Crippen LogP contribution in [0.4, 0.5) is 11.4 Å². The smallest absolute Gasteiger partial charge is 0.255 e. The molecular formula is C18H18N2O5. The highest BCUT2D eigenvalue weighted by Gasteiger charge is 2.16. The summed E-state index contributed by atoms with van der Waals surface area (Å²) in [5.41, 5.74) is 1.50. The highest BCUT2D eigenvalue weighted by Crippen LogP contribution is 2.31. The lowest BCUT2D eigenvalue weighted by molar-refractivity contribution is -0.116. The van der Waals surface area contributed by atoms with Crippen LogP contribution in [0.5, 0.6) is 17.2 Å². The molecule has 0 bridgehead atoms. The molecule has 0 aromatic heterocycles. The highest BCUT2D eigenvalue weighted by atomic mass is 16.5. The van der Waals surface area contributed by atoms with Crippen LogP contribution >= 0.6 is 0 Å². The lowest BCUT2D eigenvalue weighted by atomic mass is 10.1. The summed E-state index contributed by atoms with van der Waals surface area (Å²) < 4.78 is 15.9. The van der Waals surface area contributed by atoms with E-state index < -0.39 is 0 Å². The first-order valence-electron chi connectivity index (χ1n) is 7.71. The van der Waals surface area contributed by atoms with Crippen LogP contribution in [0.1, 0.15) is 16.8 Å². The number of methoxy groups -OCH3 is 2. The number of rotatable bonds is 4. The Kier molecular flexibility index (Phi) is 4.74. The predicted octanol–water partition coefficient (Wildman–Crippen LogP) is 2.68. The number of nitrogens with one attached hydrogen (secondary N) is 2. The molecule has 0 unspecified atom stereocenters. The van der Waals surface area contributed by atoms with Crippen molar-refractivity contribution < 1.29 is 23.8 Å². The van der Waals surface area contributed by atoms with Crippen molar-refractivity contribution in [1.82, 2.24) is 0 Å². The maximum Gasteiger partial charge on any atom is 0.255 e. The Morgan fingerprint density at radius 3 is 2.68 bits per heavy atom. The zero-order valence-corrected chi connectivity index (χ0v) is 13.9. The van der Waals surface area contributed by atoms with Gasteiger partial charge in [0.05, 0.1) is 32.9 Å². The van der Waals surface area contributed by atoms with Gasteiger partial charge in [-0.25, -0.2) is 0 Å². The number of ether oxygens (including phenoxy) is 3. The number of hydrogen-bond donors (Lipinski definition) is 2. The van der Waals surface area contributed by atoms with Gasteiger partial charge in [0.15, 0.2) is 11.5 Å². The summed E-state index contributed by atoms with van der Waals surface area (Å²) in [6.45, 7) is 0.330. The molecule has 2 amide bonds. The molecule has 1 aliphatic rings. The van der Waals surface area contributed by atoms with E-state index in [1.54, 1.807) is 36.4 Å². The van der Waals surface area contributed by atoms with E-state index in [4.69, 9.17) is 14.2 Å². The van der Waals surface area contributed by atoms with Crippen molar-refractivity contribution in [3.63, 3.8) is 0 Å². The maximum absolute atomic E-state index is 12.5. The quantitative estimate of drug-likeness (QED) is 0.892. The molecule has 0 fully saturated rings. The molecule has 1 aliphatic heterocycles. The third-order valence-corrected chi connectivity index (χ3v) is 3.74. The van der Waals surface area contributed by atoms with Crippen molar-refractivity contribution in [2.24, 2.45) is 0 Å². The number of anilines is 2. The van der Waals surface area contributed by atoms with Crippen molar-refractivity contribution in [2.75, 3.05) is 31.5 Å². The lowest BCUT2D eigenvalue weighted by Gasteiger charge is -2.12. The summed E-state index contributed by atoms with van der Waals surface area (Å²) in [7, 11) is 3.04. The highest BCUT2D eigenvalue weighted by molar-refractivity contribution is 6.05. The zero-order valence-electron chi connectivity index (χ0n) is 13.9. The van der Waals surface area contributed by atoms with Gasteiger partial charge in [0.1, 0.15) is 5.75 Å². The van der Waals surface area contributed by atoms with Crippen LogP contribution in [-0.4, -0.2) is 32.6 Å². The second-order valence-corrected chi connectivity index (χ2v) is 5.38. The van der Waals surface area contributed by atoms with E-state index in [-0.39, 0.29) is 11.8 Å². The molecule has 0 radical (unpaired) electrons. The molecule has 0 saturated carbocycles. The molecule has 130 valence electrons. The number of carbonyl (C=O) groups is 2. The fourth-order valence-corrected chi connectivity index (χ4v) is 2.48.